The van der Waals surface area contributed by atoms with E-state index in [9.17, 15) is 19.2 Å². The number of halogens is 2. The lowest BCUT2D eigenvalue weighted by Gasteiger charge is -2.49. The van der Waals surface area contributed by atoms with Crippen molar-refractivity contribution in [2.75, 3.05) is 0 Å². The second-order valence-corrected chi connectivity index (χ2v) is 13.0. The van der Waals surface area contributed by atoms with Crippen molar-refractivity contribution < 1.29 is 18.7 Å². The van der Waals surface area contributed by atoms with E-state index >= 15 is 0 Å². The number of esters is 1. The highest BCUT2D eigenvalue weighted by molar-refractivity contribution is 6.30. The second-order valence-electron chi connectivity index (χ2n) is 12.6. The molecule has 41 heavy (non-hydrogen) atoms. The Hall–Kier alpha value is -3.38. The van der Waals surface area contributed by atoms with Gasteiger partial charge in [-0.25, -0.2) is 13.9 Å². The number of nitriles is 1. The van der Waals surface area contributed by atoms with E-state index in [2.05, 4.69) is 21.1 Å². The molecule has 1 saturated heterocycles. The van der Waals surface area contributed by atoms with Crippen molar-refractivity contribution in [3.63, 3.8) is 0 Å². The summed E-state index contributed by atoms with van der Waals surface area (Å²) in [6.07, 6.45) is 10.0. The summed E-state index contributed by atoms with van der Waals surface area (Å²) in [7, 11) is 0. The molecule has 2 aliphatic carbocycles. The van der Waals surface area contributed by atoms with Crippen molar-refractivity contribution in [3.05, 3.63) is 58.4 Å². The molecule has 8 nitrogen and oxygen atoms in total. The van der Waals surface area contributed by atoms with Crippen LogP contribution in [-0.4, -0.2) is 36.9 Å². The smallest absolute Gasteiger partial charge is 0.318 e. The normalized spacial score (nSPS) is 24.7. The van der Waals surface area contributed by atoms with E-state index in [1.54, 1.807) is 26.1 Å². The first kappa shape index (κ1) is 27.8. The molecule has 10 heteroatoms. The fourth-order valence-corrected chi connectivity index (χ4v) is 7.33. The van der Waals surface area contributed by atoms with E-state index < -0.39 is 34.1 Å². The van der Waals surface area contributed by atoms with Crippen LogP contribution in [0.2, 0.25) is 5.02 Å². The molecule has 0 N–H and O–H groups in total. The third-order valence-corrected chi connectivity index (χ3v) is 9.86. The topological polar surface area (TPSA) is 110 Å². The van der Waals surface area contributed by atoms with Gasteiger partial charge in [-0.15, -0.1) is 5.10 Å². The van der Waals surface area contributed by atoms with Crippen molar-refractivity contribution in [1.29, 1.82) is 5.26 Å². The average Bonchev–Trinajstić information content (AvgIpc) is 3.59. The zero-order valence-electron chi connectivity index (χ0n) is 23.3. The molecule has 2 unspecified atom stereocenters. The van der Waals surface area contributed by atoms with E-state index in [1.807, 2.05) is 6.07 Å². The summed E-state index contributed by atoms with van der Waals surface area (Å²) in [6, 6.07) is 7.10. The van der Waals surface area contributed by atoms with Crippen LogP contribution in [0.15, 0.2) is 30.6 Å². The Morgan fingerprint density at radius 1 is 1.22 bits per heavy atom. The van der Waals surface area contributed by atoms with Crippen LogP contribution < -0.4 is 0 Å². The molecule has 3 aromatic rings. The zero-order valence-corrected chi connectivity index (χ0v) is 24.1. The number of fused-ring (bicyclic) bond motifs is 1. The Morgan fingerprint density at radius 3 is 2.61 bits per heavy atom. The maximum Gasteiger partial charge on any atom is 0.318 e. The number of hydrogen-bond acceptors (Lipinski definition) is 7. The Balaban J connectivity index is 1.27. The third-order valence-electron chi connectivity index (χ3n) is 9.66. The minimum atomic E-state index is -0.969. The molecule has 0 bridgehead atoms. The number of cyclic esters (lactones) is 1. The molecule has 6 rings (SSSR count). The van der Waals surface area contributed by atoms with Crippen molar-refractivity contribution in [3.8, 4) is 6.07 Å². The number of carbonyl (C=O) groups is 2. The SMILES string of the molecule is CC(C)(C#N)c1ccc(CCC2(C3CCCC3)CC(=O)C(C3(c4nc5ncc(Cl)cn5n4)CCC3)C(=O)O2)cc1F. The molecule has 214 valence electrons. The van der Waals surface area contributed by atoms with Crippen LogP contribution >= 0.6 is 11.6 Å². The predicted octanol–water partition coefficient (Wildman–Crippen LogP) is 5.83. The van der Waals surface area contributed by atoms with Gasteiger partial charge < -0.3 is 4.74 Å². The maximum absolute atomic E-state index is 15.0. The van der Waals surface area contributed by atoms with Gasteiger partial charge in [0.1, 0.15) is 17.3 Å². The predicted molar refractivity (Wildman–Crippen MR) is 149 cm³/mol. The van der Waals surface area contributed by atoms with Crippen LogP contribution in [0.4, 0.5) is 4.39 Å². The van der Waals surface area contributed by atoms with Gasteiger partial charge in [-0.05, 0) is 69.9 Å². The molecule has 3 fully saturated rings. The zero-order chi connectivity index (χ0) is 29.0. The van der Waals surface area contributed by atoms with Crippen LogP contribution in [-0.2, 0) is 31.6 Å². The molecule has 1 aromatic carbocycles. The summed E-state index contributed by atoms with van der Waals surface area (Å²) in [5.74, 6) is -1.16. The van der Waals surface area contributed by atoms with Crippen LogP contribution in [0.5, 0.6) is 0 Å². The number of rotatable bonds is 7. The van der Waals surface area contributed by atoms with E-state index in [0.29, 0.717) is 47.9 Å². The number of aromatic nitrogens is 4. The molecule has 2 saturated carbocycles. The third kappa shape index (κ3) is 4.70. The molecule has 2 aromatic heterocycles. The molecule has 1 aliphatic heterocycles. The fourth-order valence-electron chi connectivity index (χ4n) is 7.19. The second kappa shape index (κ2) is 10.2. The first-order valence-electron chi connectivity index (χ1n) is 14.4. The van der Waals surface area contributed by atoms with E-state index in [0.717, 1.165) is 37.7 Å². The van der Waals surface area contributed by atoms with Gasteiger partial charge in [0.25, 0.3) is 5.78 Å². The summed E-state index contributed by atoms with van der Waals surface area (Å²) in [5, 5.41) is 14.4. The highest BCUT2D eigenvalue weighted by atomic mass is 35.5. The van der Waals surface area contributed by atoms with Gasteiger partial charge in [-0.2, -0.15) is 10.2 Å². The Morgan fingerprint density at radius 2 is 1.98 bits per heavy atom. The number of Topliss-reactive ketones (excluding diaryl/α,β-unsaturated/α-hetero) is 1. The van der Waals surface area contributed by atoms with Crippen molar-refractivity contribution in [2.45, 2.75) is 94.5 Å². The number of benzene rings is 1. The van der Waals surface area contributed by atoms with Gasteiger partial charge in [-0.1, -0.05) is 43.0 Å². The van der Waals surface area contributed by atoms with Gasteiger partial charge >= 0.3 is 5.97 Å². The fraction of sp³-hybridized carbons (Fsp3) is 0.548. The van der Waals surface area contributed by atoms with Crippen molar-refractivity contribution in [2.24, 2.45) is 11.8 Å². The first-order valence-corrected chi connectivity index (χ1v) is 14.8. The number of ketones is 1. The number of carbonyl (C=O) groups excluding carboxylic acids is 2. The standard InChI is InChI=1S/C31H33ClFN5O3/c1-29(2,18-34)22-9-8-19(14-23(22)33)10-13-31(20-6-3-4-7-20)15-24(39)25(26(40)41-31)30(11-5-12-30)27-36-28-35-16-21(32)17-38(28)37-27/h8-9,14,16-17,20,25H,3-7,10-13,15H2,1-2H3. The van der Waals surface area contributed by atoms with Gasteiger partial charge in [0, 0.05) is 12.0 Å². The first-order chi connectivity index (χ1) is 19.6. The largest absolute Gasteiger partial charge is 0.458 e. The van der Waals surface area contributed by atoms with Crippen molar-refractivity contribution >= 4 is 29.1 Å². The van der Waals surface area contributed by atoms with Gasteiger partial charge in [0.15, 0.2) is 11.6 Å². The van der Waals surface area contributed by atoms with E-state index in [4.69, 9.17) is 16.3 Å². The molecular formula is C31H33ClFN5O3. The van der Waals surface area contributed by atoms with Crippen molar-refractivity contribution in [1.82, 2.24) is 19.6 Å². The lowest BCUT2D eigenvalue weighted by atomic mass is 9.57. The molecule has 0 radical (unpaired) electrons. The Labute approximate surface area is 243 Å². The lowest BCUT2D eigenvalue weighted by molar-refractivity contribution is -0.191. The molecule has 2 atom stereocenters. The summed E-state index contributed by atoms with van der Waals surface area (Å²) >= 11 is 6.08. The molecule has 3 aliphatic rings. The number of hydrogen-bond donors (Lipinski definition) is 0. The van der Waals surface area contributed by atoms with Gasteiger partial charge in [0.2, 0.25) is 0 Å². The van der Waals surface area contributed by atoms with Gasteiger partial charge in [0.05, 0.1) is 34.3 Å². The number of nitrogens with zero attached hydrogens (tertiary/aromatic N) is 5. The minimum Gasteiger partial charge on any atom is -0.458 e. The minimum absolute atomic E-state index is 0.0787. The van der Waals surface area contributed by atoms with Crippen LogP contribution in [0.25, 0.3) is 5.78 Å². The average molecular weight is 578 g/mol. The van der Waals surface area contributed by atoms with E-state index in [-0.39, 0.29) is 18.1 Å². The lowest BCUT2D eigenvalue weighted by Crippen LogP contribution is -2.59. The number of aryl methyl sites for hydroxylation is 1. The van der Waals surface area contributed by atoms with Gasteiger partial charge in [-0.3, -0.25) is 9.59 Å². The van der Waals surface area contributed by atoms with Crippen LogP contribution in [0, 0.1) is 29.0 Å². The van der Waals surface area contributed by atoms with E-state index in [1.165, 1.54) is 16.8 Å². The quantitative estimate of drug-likeness (QED) is 0.256. The maximum atomic E-state index is 15.0. The number of ether oxygens (including phenoxy) is 1. The molecule has 0 amide bonds. The Kier molecular flexibility index (Phi) is 6.88. The summed E-state index contributed by atoms with van der Waals surface area (Å²) in [6.45, 7) is 3.37. The molecular weight excluding hydrogens is 545 g/mol. The summed E-state index contributed by atoms with van der Waals surface area (Å²) in [5.41, 5.74) is -1.58. The summed E-state index contributed by atoms with van der Waals surface area (Å²) < 4.78 is 22.9. The Bertz CT molecular complexity index is 1550. The molecule has 3 heterocycles. The highest BCUT2D eigenvalue weighted by Crippen LogP contribution is 2.53. The highest BCUT2D eigenvalue weighted by Gasteiger charge is 2.61. The monoisotopic (exact) mass is 577 g/mol. The van der Waals surface area contributed by atoms with Crippen LogP contribution in [0.1, 0.15) is 88.6 Å². The van der Waals surface area contributed by atoms with Crippen LogP contribution in [0.3, 0.4) is 0 Å². The summed E-state index contributed by atoms with van der Waals surface area (Å²) in [4.78, 5) is 36.7. The molecule has 0 spiro atoms.